The number of nitrogens with one attached hydrogen (secondary N) is 1. The molecule has 2 nitrogen and oxygen atoms in total. The standard InChI is InChI=1S/C16H16ClF2NO/c1-2-20-9-11-4-3-5-15(19)16(11)21-10-12-8-13(18)6-7-14(12)17/h3-8,20H,2,9-10H2,1H3. The summed E-state index contributed by atoms with van der Waals surface area (Å²) in [6.45, 7) is 3.25. The van der Waals surface area contributed by atoms with Crippen molar-refractivity contribution in [1.29, 1.82) is 0 Å². The van der Waals surface area contributed by atoms with Crippen LogP contribution in [0.25, 0.3) is 0 Å². The summed E-state index contributed by atoms with van der Waals surface area (Å²) in [5.41, 5.74) is 1.19. The lowest BCUT2D eigenvalue weighted by Gasteiger charge is -2.13. The summed E-state index contributed by atoms with van der Waals surface area (Å²) in [7, 11) is 0. The van der Waals surface area contributed by atoms with Gasteiger partial charge in [0.25, 0.3) is 0 Å². The lowest BCUT2D eigenvalue weighted by molar-refractivity contribution is 0.285. The van der Waals surface area contributed by atoms with Crippen molar-refractivity contribution in [2.75, 3.05) is 6.54 Å². The third-order valence-electron chi connectivity index (χ3n) is 2.99. The molecule has 112 valence electrons. The lowest BCUT2D eigenvalue weighted by Crippen LogP contribution is -2.13. The van der Waals surface area contributed by atoms with Gasteiger partial charge in [0.15, 0.2) is 11.6 Å². The van der Waals surface area contributed by atoms with Gasteiger partial charge in [-0.2, -0.15) is 0 Å². The van der Waals surface area contributed by atoms with E-state index >= 15 is 0 Å². The molecule has 0 aromatic heterocycles. The van der Waals surface area contributed by atoms with Gasteiger partial charge in [-0.15, -0.1) is 0 Å². The van der Waals surface area contributed by atoms with Crippen LogP contribution in [0.1, 0.15) is 18.1 Å². The van der Waals surface area contributed by atoms with E-state index in [1.807, 2.05) is 6.92 Å². The number of benzene rings is 2. The zero-order valence-electron chi connectivity index (χ0n) is 11.6. The zero-order valence-corrected chi connectivity index (χ0v) is 12.4. The summed E-state index contributed by atoms with van der Waals surface area (Å²) in [5, 5.41) is 3.51. The number of rotatable bonds is 6. The van der Waals surface area contributed by atoms with Crippen LogP contribution in [0.3, 0.4) is 0 Å². The predicted octanol–water partition coefficient (Wildman–Crippen LogP) is 4.31. The second-order valence-electron chi connectivity index (χ2n) is 4.53. The zero-order chi connectivity index (χ0) is 15.2. The van der Waals surface area contributed by atoms with Crippen molar-refractivity contribution in [2.24, 2.45) is 0 Å². The van der Waals surface area contributed by atoms with Crippen LogP contribution in [0.15, 0.2) is 36.4 Å². The maximum Gasteiger partial charge on any atom is 0.165 e. The largest absolute Gasteiger partial charge is 0.485 e. The fourth-order valence-corrected chi connectivity index (χ4v) is 2.09. The summed E-state index contributed by atoms with van der Waals surface area (Å²) in [6.07, 6.45) is 0. The molecular formula is C16H16ClF2NO. The highest BCUT2D eigenvalue weighted by Crippen LogP contribution is 2.25. The topological polar surface area (TPSA) is 21.3 Å². The third kappa shape index (κ3) is 4.16. The second-order valence-corrected chi connectivity index (χ2v) is 4.94. The van der Waals surface area contributed by atoms with E-state index in [0.717, 1.165) is 6.54 Å². The van der Waals surface area contributed by atoms with E-state index in [2.05, 4.69) is 5.32 Å². The van der Waals surface area contributed by atoms with E-state index < -0.39 is 11.6 Å². The summed E-state index contributed by atoms with van der Waals surface area (Å²) < 4.78 is 32.6. The summed E-state index contributed by atoms with van der Waals surface area (Å²) in [6, 6.07) is 8.76. The minimum Gasteiger partial charge on any atom is -0.485 e. The molecule has 0 unspecified atom stereocenters. The molecule has 0 amide bonds. The van der Waals surface area contributed by atoms with Crippen LogP contribution in [-0.2, 0) is 13.2 Å². The molecule has 0 aliphatic heterocycles. The quantitative estimate of drug-likeness (QED) is 0.858. The molecule has 2 aromatic rings. The number of hydrogen-bond donors (Lipinski definition) is 1. The number of halogens is 3. The molecule has 0 heterocycles. The van der Waals surface area contributed by atoms with Crippen molar-refractivity contribution >= 4 is 11.6 Å². The lowest BCUT2D eigenvalue weighted by atomic mass is 10.2. The van der Waals surface area contributed by atoms with Crippen molar-refractivity contribution < 1.29 is 13.5 Å². The van der Waals surface area contributed by atoms with Gasteiger partial charge in [0.1, 0.15) is 12.4 Å². The fraction of sp³-hybridized carbons (Fsp3) is 0.250. The molecule has 0 atom stereocenters. The highest BCUT2D eigenvalue weighted by Gasteiger charge is 2.11. The summed E-state index contributed by atoms with van der Waals surface area (Å²) in [4.78, 5) is 0. The minimum absolute atomic E-state index is 0.0106. The van der Waals surface area contributed by atoms with Crippen LogP contribution in [0.5, 0.6) is 5.75 Å². The third-order valence-corrected chi connectivity index (χ3v) is 3.36. The first-order valence-corrected chi connectivity index (χ1v) is 7.04. The Kier molecular flexibility index (Phi) is 5.53. The Morgan fingerprint density at radius 3 is 2.71 bits per heavy atom. The van der Waals surface area contributed by atoms with Gasteiger partial charge in [0.05, 0.1) is 0 Å². The molecule has 0 radical (unpaired) electrons. The van der Waals surface area contributed by atoms with Crippen molar-refractivity contribution in [3.8, 4) is 5.75 Å². The van der Waals surface area contributed by atoms with Gasteiger partial charge in [-0.25, -0.2) is 8.78 Å². The van der Waals surface area contributed by atoms with Gasteiger partial charge in [-0.3, -0.25) is 0 Å². The maximum atomic E-state index is 13.9. The van der Waals surface area contributed by atoms with Crippen molar-refractivity contribution in [3.63, 3.8) is 0 Å². The van der Waals surface area contributed by atoms with E-state index in [0.29, 0.717) is 22.7 Å². The number of hydrogen-bond acceptors (Lipinski definition) is 2. The molecule has 0 spiro atoms. The van der Waals surface area contributed by atoms with Crippen LogP contribution in [-0.4, -0.2) is 6.54 Å². The summed E-state index contributed by atoms with van der Waals surface area (Å²) >= 11 is 5.97. The smallest absolute Gasteiger partial charge is 0.165 e. The van der Waals surface area contributed by atoms with E-state index in [4.69, 9.17) is 16.3 Å². The molecule has 0 bridgehead atoms. The van der Waals surface area contributed by atoms with E-state index in [1.165, 1.54) is 24.3 Å². The molecule has 2 rings (SSSR count). The first-order valence-electron chi connectivity index (χ1n) is 6.66. The molecule has 0 fully saturated rings. The number of para-hydroxylation sites is 1. The average Bonchev–Trinajstić information content (AvgIpc) is 2.47. The molecule has 21 heavy (non-hydrogen) atoms. The Hall–Kier alpha value is -1.65. The molecular weight excluding hydrogens is 296 g/mol. The Labute approximate surface area is 127 Å². The van der Waals surface area contributed by atoms with E-state index in [9.17, 15) is 8.78 Å². The van der Waals surface area contributed by atoms with Crippen molar-refractivity contribution in [3.05, 3.63) is 64.2 Å². The molecule has 0 saturated heterocycles. The minimum atomic E-state index is -0.446. The second kappa shape index (κ2) is 7.38. The van der Waals surface area contributed by atoms with Crippen LogP contribution >= 0.6 is 11.6 Å². The predicted molar refractivity (Wildman–Crippen MR) is 79.5 cm³/mol. The number of ether oxygens (including phenoxy) is 1. The Balaban J connectivity index is 2.17. The van der Waals surface area contributed by atoms with Gasteiger partial charge in [0.2, 0.25) is 0 Å². The van der Waals surface area contributed by atoms with Crippen LogP contribution in [0.4, 0.5) is 8.78 Å². The summed E-state index contributed by atoms with van der Waals surface area (Å²) in [5.74, 6) is -0.684. The Morgan fingerprint density at radius 2 is 1.95 bits per heavy atom. The van der Waals surface area contributed by atoms with Gasteiger partial charge in [-0.05, 0) is 30.8 Å². The van der Waals surface area contributed by atoms with Crippen LogP contribution in [0, 0.1) is 11.6 Å². The Morgan fingerprint density at radius 1 is 1.14 bits per heavy atom. The van der Waals surface area contributed by atoms with Gasteiger partial charge in [-0.1, -0.05) is 30.7 Å². The molecule has 5 heteroatoms. The highest BCUT2D eigenvalue weighted by atomic mass is 35.5. The van der Waals surface area contributed by atoms with Gasteiger partial charge in [0, 0.05) is 22.7 Å². The Bertz CT molecular complexity index is 619. The average molecular weight is 312 g/mol. The normalized spacial score (nSPS) is 10.7. The SMILES string of the molecule is CCNCc1cccc(F)c1OCc1cc(F)ccc1Cl. The fourth-order valence-electron chi connectivity index (χ4n) is 1.92. The van der Waals surface area contributed by atoms with Crippen LogP contribution in [0.2, 0.25) is 5.02 Å². The van der Waals surface area contributed by atoms with Gasteiger partial charge >= 0.3 is 0 Å². The first-order chi connectivity index (χ1) is 10.1. The van der Waals surface area contributed by atoms with Crippen molar-refractivity contribution in [2.45, 2.75) is 20.1 Å². The molecule has 0 saturated carbocycles. The monoisotopic (exact) mass is 311 g/mol. The molecule has 0 aliphatic rings. The van der Waals surface area contributed by atoms with Crippen LogP contribution < -0.4 is 10.1 Å². The maximum absolute atomic E-state index is 13.9. The van der Waals surface area contributed by atoms with E-state index in [1.54, 1.807) is 12.1 Å². The highest BCUT2D eigenvalue weighted by molar-refractivity contribution is 6.31. The molecule has 1 N–H and O–H groups in total. The van der Waals surface area contributed by atoms with Crippen molar-refractivity contribution in [1.82, 2.24) is 5.32 Å². The molecule has 0 aliphatic carbocycles. The van der Waals surface area contributed by atoms with Gasteiger partial charge < -0.3 is 10.1 Å². The van der Waals surface area contributed by atoms with E-state index in [-0.39, 0.29) is 12.4 Å². The first kappa shape index (κ1) is 15.7. The molecule has 2 aromatic carbocycles.